The first-order valence-electron chi connectivity index (χ1n) is 10.9. The number of nitrogens with zero attached hydrogens (tertiary/aromatic N) is 1. The fraction of sp³-hybridized carbons (Fsp3) is 0.440. The Morgan fingerprint density at radius 3 is 2.52 bits per heavy atom. The number of carbonyl (C=O) groups excluding carboxylic acids is 2. The van der Waals surface area contributed by atoms with Gasteiger partial charge >= 0.3 is 0 Å². The minimum atomic E-state index is -0.585. The molecule has 166 valence electrons. The molecule has 1 aliphatic rings. The number of rotatable bonds is 9. The standard InChI is InChI=1S/C25H31FN2O2S/c1-18-6-5-7-21(14-18)16-31-17-24(29)28(15-20-10-12-22(26)13-11-20)19(2)25(30)27-23-8-3-4-9-23/h5-7,10-14,19,23H,3-4,8-9,15-17H2,1-2H3,(H,27,30)/t19-/m1/s1. The Hall–Kier alpha value is -2.34. The fourth-order valence-corrected chi connectivity index (χ4v) is 4.76. The van der Waals surface area contributed by atoms with Crippen LogP contribution in [-0.4, -0.2) is 34.6 Å². The quantitative estimate of drug-likeness (QED) is 0.604. The summed E-state index contributed by atoms with van der Waals surface area (Å²) < 4.78 is 13.3. The second-order valence-corrected chi connectivity index (χ2v) is 9.28. The van der Waals surface area contributed by atoms with E-state index in [1.54, 1.807) is 35.7 Å². The molecule has 0 aromatic heterocycles. The van der Waals surface area contributed by atoms with Crippen molar-refractivity contribution in [2.75, 3.05) is 5.75 Å². The molecule has 0 saturated heterocycles. The number of halogens is 1. The molecule has 1 saturated carbocycles. The summed E-state index contributed by atoms with van der Waals surface area (Å²) in [5.74, 6) is 0.501. The van der Waals surface area contributed by atoms with E-state index in [9.17, 15) is 14.0 Å². The van der Waals surface area contributed by atoms with Crippen LogP contribution in [-0.2, 0) is 21.9 Å². The van der Waals surface area contributed by atoms with Crippen LogP contribution in [0, 0.1) is 12.7 Å². The lowest BCUT2D eigenvalue weighted by Gasteiger charge is -2.29. The Morgan fingerprint density at radius 2 is 1.84 bits per heavy atom. The topological polar surface area (TPSA) is 49.4 Å². The van der Waals surface area contributed by atoms with E-state index in [1.165, 1.54) is 23.3 Å². The Balaban J connectivity index is 1.64. The smallest absolute Gasteiger partial charge is 0.242 e. The first kappa shape index (κ1) is 23.3. The number of aryl methyl sites for hydroxylation is 1. The van der Waals surface area contributed by atoms with Crippen LogP contribution in [0.5, 0.6) is 0 Å². The van der Waals surface area contributed by atoms with Crippen molar-refractivity contribution in [3.63, 3.8) is 0 Å². The van der Waals surface area contributed by atoms with Gasteiger partial charge in [0.25, 0.3) is 0 Å². The van der Waals surface area contributed by atoms with Crippen LogP contribution in [0.15, 0.2) is 48.5 Å². The number of hydrogen-bond donors (Lipinski definition) is 1. The minimum absolute atomic E-state index is 0.0870. The van der Waals surface area contributed by atoms with Crippen LogP contribution in [0.1, 0.15) is 49.3 Å². The van der Waals surface area contributed by atoms with Crippen molar-refractivity contribution < 1.29 is 14.0 Å². The summed E-state index contributed by atoms with van der Waals surface area (Å²) in [4.78, 5) is 27.6. The highest BCUT2D eigenvalue weighted by Crippen LogP contribution is 2.20. The zero-order valence-corrected chi connectivity index (χ0v) is 19.1. The normalized spacial score (nSPS) is 14.9. The highest BCUT2D eigenvalue weighted by Gasteiger charge is 2.28. The van der Waals surface area contributed by atoms with E-state index >= 15 is 0 Å². The molecule has 2 amide bonds. The van der Waals surface area contributed by atoms with Crippen molar-refractivity contribution >= 4 is 23.6 Å². The third-order valence-corrected chi connectivity index (χ3v) is 6.70. The molecule has 3 rings (SSSR count). The van der Waals surface area contributed by atoms with Gasteiger partial charge in [-0.15, -0.1) is 11.8 Å². The van der Waals surface area contributed by atoms with E-state index in [1.807, 2.05) is 19.1 Å². The van der Waals surface area contributed by atoms with Crippen molar-refractivity contribution in [1.82, 2.24) is 10.2 Å². The Labute approximate surface area is 188 Å². The molecule has 1 fully saturated rings. The molecule has 0 unspecified atom stereocenters. The van der Waals surface area contributed by atoms with E-state index in [2.05, 4.69) is 17.4 Å². The minimum Gasteiger partial charge on any atom is -0.352 e. The van der Waals surface area contributed by atoms with Gasteiger partial charge in [-0.3, -0.25) is 9.59 Å². The second kappa shape index (κ2) is 11.3. The van der Waals surface area contributed by atoms with E-state index in [4.69, 9.17) is 0 Å². The molecule has 0 radical (unpaired) electrons. The highest BCUT2D eigenvalue weighted by atomic mass is 32.2. The molecule has 6 heteroatoms. The Bertz CT molecular complexity index is 881. The molecule has 1 aliphatic carbocycles. The van der Waals surface area contributed by atoms with Gasteiger partial charge in [0.2, 0.25) is 11.8 Å². The SMILES string of the molecule is Cc1cccc(CSCC(=O)N(Cc2ccc(F)cc2)[C@H](C)C(=O)NC2CCCC2)c1. The van der Waals surface area contributed by atoms with E-state index in [-0.39, 0.29) is 36.0 Å². The number of hydrogen-bond acceptors (Lipinski definition) is 3. The Morgan fingerprint density at radius 1 is 1.13 bits per heavy atom. The van der Waals surface area contributed by atoms with Gasteiger partial charge in [0.15, 0.2) is 0 Å². The summed E-state index contributed by atoms with van der Waals surface area (Å²) in [5.41, 5.74) is 3.17. The average molecular weight is 443 g/mol. The molecule has 0 bridgehead atoms. The predicted octanol–water partition coefficient (Wildman–Crippen LogP) is 4.84. The zero-order chi connectivity index (χ0) is 22.2. The first-order chi connectivity index (χ1) is 14.9. The number of thioether (sulfide) groups is 1. The second-order valence-electron chi connectivity index (χ2n) is 8.30. The fourth-order valence-electron chi connectivity index (χ4n) is 3.90. The molecule has 2 aromatic rings. The molecule has 2 aromatic carbocycles. The van der Waals surface area contributed by atoms with Crippen molar-refractivity contribution in [1.29, 1.82) is 0 Å². The molecule has 0 heterocycles. The molecule has 1 N–H and O–H groups in total. The molecular formula is C25H31FN2O2S. The van der Waals surface area contributed by atoms with Gasteiger partial charge < -0.3 is 10.2 Å². The van der Waals surface area contributed by atoms with Crippen LogP contribution >= 0.6 is 11.8 Å². The van der Waals surface area contributed by atoms with Crippen molar-refractivity contribution in [3.05, 3.63) is 71.0 Å². The summed E-state index contributed by atoms with van der Waals surface area (Å²) in [6.07, 6.45) is 4.26. The molecule has 0 aliphatic heterocycles. The molecule has 31 heavy (non-hydrogen) atoms. The zero-order valence-electron chi connectivity index (χ0n) is 18.3. The largest absolute Gasteiger partial charge is 0.352 e. The number of benzene rings is 2. The number of nitrogens with one attached hydrogen (secondary N) is 1. The summed E-state index contributed by atoms with van der Waals surface area (Å²) in [7, 11) is 0. The van der Waals surface area contributed by atoms with Gasteiger partial charge in [-0.2, -0.15) is 0 Å². The lowest BCUT2D eigenvalue weighted by molar-refractivity contribution is -0.138. The summed E-state index contributed by atoms with van der Waals surface area (Å²) in [5, 5.41) is 3.10. The molecule has 1 atom stereocenters. The summed E-state index contributed by atoms with van der Waals surface area (Å²) in [6, 6.07) is 13.9. The van der Waals surface area contributed by atoms with Gasteiger partial charge in [-0.05, 0) is 49.9 Å². The van der Waals surface area contributed by atoms with Crippen LogP contribution in [0.2, 0.25) is 0 Å². The Kier molecular flexibility index (Phi) is 8.52. The summed E-state index contributed by atoms with van der Waals surface area (Å²) >= 11 is 1.54. The maximum absolute atomic E-state index is 13.3. The maximum Gasteiger partial charge on any atom is 0.242 e. The van der Waals surface area contributed by atoms with Gasteiger partial charge in [-0.25, -0.2) is 4.39 Å². The van der Waals surface area contributed by atoms with Crippen LogP contribution in [0.3, 0.4) is 0 Å². The van der Waals surface area contributed by atoms with Crippen molar-refractivity contribution in [2.24, 2.45) is 0 Å². The molecule has 0 spiro atoms. The first-order valence-corrected chi connectivity index (χ1v) is 12.1. The van der Waals surface area contributed by atoms with Gasteiger partial charge in [-0.1, -0.05) is 54.8 Å². The van der Waals surface area contributed by atoms with Crippen molar-refractivity contribution in [3.8, 4) is 0 Å². The van der Waals surface area contributed by atoms with Gasteiger partial charge in [0.05, 0.1) is 5.75 Å². The third-order valence-electron chi connectivity index (χ3n) is 5.71. The number of amides is 2. The van der Waals surface area contributed by atoms with Gasteiger partial charge in [0, 0.05) is 18.3 Å². The van der Waals surface area contributed by atoms with E-state index in [0.717, 1.165) is 37.0 Å². The van der Waals surface area contributed by atoms with E-state index < -0.39 is 6.04 Å². The maximum atomic E-state index is 13.3. The lowest BCUT2D eigenvalue weighted by Crippen LogP contribution is -2.50. The third kappa shape index (κ3) is 7.10. The van der Waals surface area contributed by atoms with Crippen molar-refractivity contribution in [2.45, 2.75) is 63.9 Å². The monoisotopic (exact) mass is 442 g/mol. The molecular weight excluding hydrogens is 411 g/mol. The van der Waals surface area contributed by atoms with Crippen LogP contribution < -0.4 is 5.32 Å². The number of carbonyl (C=O) groups is 2. The molecule has 4 nitrogen and oxygen atoms in total. The van der Waals surface area contributed by atoms with Gasteiger partial charge in [0.1, 0.15) is 11.9 Å². The predicted molar refractivity (Wildman–Crippen MR) is 124 cm³/mol. The summed E-state index contributed by atoms with van der Waals surface area (Å²) in [6.45, 7) is 4.11. The van der Waals surface area contributed by atoms with Crippen LogP contribution in [0.4, 0.5) is 4.39 Å². The van der Waals surface area contributed by atoms with E-state index in [0.29, 0.717) is 0 Å². The average Bonchev–Trinajstić information content (AvgIpc) is 3.26. The highest BCUT2D eigenvalue weighted by molar-refractivity contribution is 7.99. The lowest BCUT2D eigenvalue weighted by atomic mass is 10.1. The van der Waals surface area contributed by atoms with Crippen LogP contribution in [0.25, 0.3) is 0 Å².